The number of hydrogen-bond acceptors (Lipinski definition) is 4. The van der Waals surface area contributed by atoms with Crippen molar-refractivity contribution in [3.8, 4) is 0 Å². The number of hydroxylamine groups is 1. The SMILES string of the molecule is O=C(C=Cc1ccccc1N1CCN(C(=O)c2cc3ccccc3[nH]2)CC1)NO. The number of carbonyl (C=O) groups is 2. The first-order chi connectivity index (χ1) is 14.2. The molecule has 4 rings (SSSR count). The van der Waals surface area contributed by atoms with Gasteiger partial charge in [-0.25, -0.2) is 5.48 Å². The summed E-state index contributed by atoms with van der Waals surface area (Å²) in [6.07, 6.45) is 2.96. The van der Waals surface area contributed by atoms with Crippen LogP contribution in [0, 0.1) is 0 Å². The maximum absolute atomic E-state index is 12.9. The number of anilines is 1. The zero-order chi connectivity index (χ0) is 20.2. The molecular weight excluding hydrogens is 368 g/mol. The van der Waals surface area contributed by atoms with Gasteiger partial charge in [0.25, 0.3) is 11.8 Å². The minimum absolute atomic E-state index is 0.00801. The molecule has 3 aromatic rings. The number of nitrogens with one attached hydrogen (secondary N) is 2. The Morgan fingerprint density at radius 2 is 1.72 bits per heavy atom. The number of para-hydroxylation sites is 2. The van der Waals surface area contributed by atoms with Gasteiger partial charge in [0.05, 0.1) is 0 Å². The van der Waals surface area contributed by atoms with E-state index in [0.717, 1.165) is 22.2 Å². The first kappa shape index (κ1) is 18.8. The zero-order valence-electron chi connectivity index (χ0n) is 15.8. The maximum Gasteiger partial charge on any atom is 0.270 e. The highest BCUT2D eigenvalue weighted by Crippen LogP contribution is 2.24. The summed E-state index contributed by atoms with van der Waals surface area (Å²) in [6, 6.07) is 17.5. The summed E-state index contributed by atoms with van der Waals surface area (Å²) in [4.78, 5) is 31.4. The number of aromatic amines is 1. The molecule has 1 aromatic heterocycles. The highest BCUT2D eigenvalue weighted by Gasteiger charge is 2.24. The molecule has 29 heavy (non-hydrogen) atoms. The number of benzene rings is 2. The third-order valence-electron chi connectivity index (χ3n) is 5.13. The van der Waals surface area contributed by atoms with Crippen molar-refractivity contribution < 1.29 is 14.8 Å². The van der Waals surface area contributed by atoms with E-state index in [9.17, 15) is 9.59 Å². The maximum atomic E-state index is 12.9. The van der Waals surface area contributed by atoms with Crippen LogP contribution < -0.4 is 10.4 Å². The molecule has 1 saturated heterocycles. The molecule has 3 N–H and O–H groups in total. The van der Waals surface area contributed by atoms with Crippen molar-refractivity contribution in [2.45, 2.75) is 0 Å². The first-order valence-electron chi connectivity index (χ1n) is 9.49. The van der Waals surface area contributed by atoms with Gasteiger partial charge in [-0.05, 0) is 29.8 Å². The Bertz CT molecular complexity index is 1030. The molecule has 1 aliphatic heterocycles. The highest BCUT2D eigenvalue weighted by molar-refractivity contribution is 5.98. The molecule has 0 radical (unpaired) electrons. The van der Waals surface area contributed by atoms with E-state index in [1.54, 1.807) is 11.6 Å². The Labute approximate surface area is 168 Å². The number of amides is 2. The van der Waals surface area contributed by atoms with Gasteiger partial charge >= 0.3 is 0 Å². The van der Waals surface area contributed by atoms with Gasteiger partial charge in [-0.2, -0.15) is 0 Å². The second-order valence-corrected chi connectivity index (χ2v) is 6.92. The number of rotatable bonds is 4. The lowest BCUT2D eigenvalue weighted by molar-refractivity contribution is -0.124. The van der Waals surface area contributed by atoms with Crippen molar-refractivity contribution in [3.05, 3.63) is 71.9 Å². The van der Waals surface area contributed by atoms with Crippen LogP contribution in [0.2, 0.25) is 0 Å². The zero-order valence-corrected chi connectivity index (χ0v) is 15.8. The van der Waals surface area contributed by atoms with Gasteiger partial charge in [0, 0.05) is 48.8 Å². The summed E-state index contributed by atoms with van der Waals surface area (Å²) >= 11 is 0. The molecule has 1 fully saturated rings. The Balaban J connectivity index is 1.45. The van der Waals surface area contributed by atoms with Crippen LogP contribution in [0.15, 0.2) is 60.7 Å². The molecule has 7 heteroatoms. The quantitative estimate of drug-likeness (QED) is 0.363. The van der Waals surface area contributed by atoms with Gasteiger partial charge in [-0.1, -0.05) is 36.4 Å². The molecule has 2 heterocycles. The van der Waals surface area contributed by atoms with E-state index >= 15 is 0 Å². The van der Waals surface area contributed by atoms with Gasteiger partial charge in [0.2, 0.25) is 0 Å². The van der Waals surface area contributed by atoms with E-state index in [-0.39, 0.29) is 5.91 Å². The average molecular weight is 390 g/mol. The van der Waals surface area contributed by atoms with Crippen molar-refractivity contribution in [1.82, 2.24) is 15.4 Å². The highest BCUT2D eigenvalue weighted by atomic mass is 16.5. The van der Waals surface area contributed by atoms with Crippen molar-refractivity contribution in [1.29, 1.82) is 0 Å². The molecule has 2 aromatic carbocycles. The van der Waals surface area contributed by atoms with Crippen LogP contribution in [0.1, 0.15) is 16.1 Å². The number of carbonyl (C=O) groups excluding carboxylic acids is 2. The van der Waals surface area contributed by atoms with Gasteiger partial charge in [-0.3, -0.25) is 14.8 Å². The van der Waals surface area contributed by atoms with Crippen LogP contribution in [0.4, 0.5) is 5.69 Å². The van der Waals surface area contributed by atoms with Gasteiger partial charge in [0.1, 0.15) is 5.69 Å². The van der Waals surface area contributed by atoms with E-state index in [1.807, 2.05) is 59.5 Å². The van der Waals surface area contributed by atoms with Crippen LogP contribution >= 0.6 is 0 Å². The van der Waals surface area contributed by atoms with E-state index in [1.165, 1.54) is 6.08 Å². The minimum Gasteiger partial charge on any atom is -0.367 e. The molecule has 2 amide bonds. The molecule has 7 nitrogen and oxygen atoms in total. The summed E-state index contributed by atoms with van der Waals surface area (Å²) < 4.78 is 0. The summed E-state index contributed by atoms with van der Waals surface area (Å²) in [5.41, 5.74) is 5.03. The smallest absolute Gasteiger partial charge is 0.270 e. The van der Waals surface area contributed by atoms with Gasteiger partial charge < -0.3 is 14.8 Å². The second-order valence-electron chi connectivity index (χ2n) is 6.92. The number of H-pyrrole nitrogens is 1. The first-order valence-corrected chi connectivity index (χ1v) is 9.49. The van der Waals surface area contributed by atoms with Crippen molar-refractivity contribution >= 4 is 34.5 Å². The van der Waals surface area contributed by atoms with Gasteiger partial charge in [0.15, 0.2) is 0 Å². The van der Waals surface area contributed by atoms with E-state index in [4.69, 9.17) is 5.21 Å². The second kappa shape index (κ2) is 8.20. The lowest BCUT2D eigenvalue weighted by Gasteiger charge is -2.36. The molecule has 0 atom stereocenters. The van der Waals surface area contributed by atoms with Crippen LogP contribution in [-0.2, 0) is 4.79 Å². The number of piperazine rings is 1. The normalized spacial score (nSPS) is 14.5. The monoisotopic (exact) mass is 390 g/mol. The predicted molar refractivity (Wildman–Crippen MR) is 112 cm³/mol. The molecular formula is C22H22N4O3. The molecule has 148 valence electrons. The largest absolute Gasteiger partial charge is 0.367 e. The van der Waals surface area contributed by atoms with Crippen LogP contribution in [0.5, 0.6) is 0 Å². The fourth-order valence-corrected chi connectivity index (χ4v) is 3.63. The summed E-state index contributed by atoms with van der Waals surface area (Å²) in [6.45, 7) is 2.62. The van der Waals surface area contributed by atoms with E-state index in [0.29, 0.717) is 31.9 Å². The Morgan fingerprint density at radius 3 is 2.48 bits per heavy atom. The molecule has 0 unspecified atom stereocenters. The fraction of sp³-hybridized carbons (Fsp3) is 0.182. The minimum atomic E-state index is -0.575. The Kier molecular flexibility index (Phi) is 5.31. The van der Waals surface area contributed by atoms with Crippen molar-refractivity contribution in [2.75, 3.05) is 31.1 Å². The standard InChI is InChI=1S/C22H22N4O3/c27-21(24-29)10-9-16-5-2-4-8-20(16)25-11-13-26(14-12-25)22(28)19-15-17-6-1-3-7-18(17)23-19/h1-10,15,23,29H,11-14H2,(H,24,27). The Hall–Kier alpha value is -3.58. The number of aromatic nitrogens is 1. The summed E-state index contributed by atoms with van der Waals surface area (Å²) in [5.74, 6) is -0.567. The molecule has 1 aliphatic rings. The predicted octanol–water partition coefficient (Wildman–Crippen LogP) is 2.65. The summed E-state index contributed by atoms with van der Waals surface area (Å²) in [7, 11) is 0. The number of fused-ring (bicyclic) bond motifs is 1. The fourth-order valence-electron chi connectivity index (χ4n) is 3.63. The molecule has 0 bridgehead atoms. The number of hydrogen-bond donors (Lipinski definition) is 3. The molecule has 0 saturated carbocycles. The lowest BCUT2D eigenvalue weighted by atomic mass is 10.1. The third kappa shape index (κ3) is 4.00. The lowest BCUT2D eigenvalue weighted by Crippen LogP contribution is -2.49. The van der Waals surface area contributed by atoms with Crippen LogP contribution in [-0.4, -0.2) is 53.1 Å². The average Bonchev–Trinajstić information content (AvgIpc) is 3.21. The van der Waals surface area contributed by atoms with Crippen LogP contribution in [0.3, 0.4) is 0 Å². The summed E-state index contributed by atoms with van der Waals surface area (Å²) in [5, 5.41) is 9.68. The number of nitrogens with zero attached hydrogens (tertiary/aromatic N) is 2. The van der Waals surface area contributed by atoms with Crippen LogP contribution in [0.25, 0.3) is 17.0 Å². The van der Waals surface area contributed by atoms with E-state index < -0.39 is 5.91 Å². The van der Waals surface area contributed by atoms with Gasteiger partial charge in [-0.15, -0.1) is 0 Å². The van der Waals surface area contributed by atoms with E-state index in [2.05, 4.69) is 9.88 Å². The van der Waals surface area contributed by atoms with Crippen molar-refractivity contribution in [3.63, 3.8) is 0 Å². The third-order valence-corrected chi connectivity index (χ3v) is 5.13. The molecule has 0 spiro atoms. The van der Waals surface area contributed by atoms with Crippen molar-refractivity contribution in [2.24, 2.45) is 0 Å². The molecule has 0 aliphatic carbocycles. The topological polar surface area (TPSA) is 88.7 Å². The Morgan fingerprint density at radius 1 is 1.00 bits per heavy atom.